The van der Waals surface area contributed by atoms with Crippen LogP contribution in [0.15, 0.2) is 48.8 Å². The Morgan fingerprint density at radius 2 is 1.88 bits per heavy atom. The summed E-state index contributed by atoms with van der Waals surface area (Å²) in [5, 5.41) is 5.85. The number of fused-ring (bicyclic) bond motifs is 1. The Bertz CT molecular complexity index is 1330. The number of rotatable bonds is 4. The normalized spacial score (nSPS) is 18.7. The zero-order valence-corrected chi connectivity index (χ0v) is 19.2. The molecule has 6 heteroatoms. The predicted octanol–water partition coefficient (Wildman–Crippen LogP) is 5.17. The van der Waals surface area contributed by atoms with E-state index < -0.39 is 0 Å². The maximum Gasteiger partial charge on any atom is 0.272 e. The summed E-state index contributed by atoms with van der Waals surface area (Å²) in [5.74, 6) is 0.901. The van der Waals surface area contributed by atoms with Crippen molar-refractivity contribution in [3.8, 4) is 11.1 Å². The van der Waals surface area contributed by atoms with E-state index in [-0.39, 0.29) is 11.8 Å². The van der Waals surface area contributed by atoms with Crippen LogP contribution in [-0.4, -0.2) is 43.6 Å². The van der Waals surface area contributed by atoms with Crippen LogP contribution in [0.25, 0.3) is 22.0 Å². The lowest BCUT2D eigenvalue weighted by atomic mass is 9.89. The molecule has 0 unspecified atom stereocenters. The fourth-order valence-corrected chi connectivity index (χ4v) is 5.29. The molecule has 6 nitrogen and oxygen atoms in total. The van der Waals surface area contributed by atoms with Crippen molar-refractivity contribution in [2.75, 3.05) is 13.1 Å². The Hall–Kier alpha value is -3.41. The molecule has 1 saturated heterocycles. The number of nitrogens with one attached hydrogen (secondary N) is 1. The number of benzene rings is 1. The minimum atomic E-state index is 0.0963. The van der Waals surface area contributed by atoms with Crippen molar-refractivity contribution in [2.24, 2.45) is 7.05 Å². The Labute approximate surface area is 193 Å². The summed E-state index contributed by atoms with van der Waals surface area (Å²) in [7, 11) is 1.89. The molecule has 0 bridgehead atoms. The number of carbonyl (C=O) groups is 1. The van der Waals surface area contributed by atoms with Gasteiger partial charge in [-0.15, -0.1) is 0 Å². The van der Waals surface area contributed by atoms with Crippen LogP contribution in [0.2, 0.25) is 0 Å². The first kappa shape index (κ1) is 20.2. The summed E-state index contributed by atoms with van der Waals surface area (Å²) in [6.07, 6.45) is 8.14. The highest BCUT2D eigenvalue weighted by molar-refractivity contribution is 5.98. The van der Waals surface area contributed by atoms with Gasteiger partial charge in [-0.05, 0) is 68.5 Å². The zero-order chi connectivity index (χ0) is 22.5. The maximum absolute atomic E-state index is 13.5. The summed E-state index contributed by atoms with van der Waals surface area (Å²) >= 11 is 0. The van der Waals surface area contributed by atoms with Crippen LogP contribution in [0, 0.1) is 6.92 Å². The van der Waals surface area contributed by atoms with Gasteiger partial charge in [0.1, 0.15) is 5.69 Å². The fraction of sp³-hybridized carbons (Fsp3) is 0.370. The quantitative estimate of drug-likeness (QED) is 0.477. The summed E-state index contributed by atoms with van der Waals surface area (Å²) < 4.78 is 1.77. The van der Waals surface area contributed by atoms with Gasteiger partial charge in [0.05, 0.1) is 5.69 Å². The van der Waals surface area contributed by atoms with Crippen molar-refractivity contribution in [2.45, 2.75) is 44.4 Å². The van der Waals surface area contributed by atoms with E-state index in [1.165, 1.54) is 40.6 Å². The lowest BCUT2D eigenvalue weighted by molar-refractivity contribution is 0.0695. The molecule has 1 atom stereocenters. The molecule has 0 spiro atoms. The molecule has 1 saturated carbocycles. The number of hydrogen-bond acceptors (Lipinski definition) is 3. The molecule has 1 N–H and O–H groups in total. The molecule has 0 radical (unpaired) electrons. The van der Waals surface area contributed by atoms with Crippen LogP contribution in [0.5, 0.6) is 0 Å². The van der Waals surface area contributed by atoms with Crippen LogP contribution in [-0.2, 0) is 7.05 Å². The van der Waals surface area contributed by atoms with Gasteiger partial charge in [0.2, 0.25) is 0 Å². The van der Waals surface area contributed by atoms with Crippen molar-refractivity contribution < 1.29 is 4.79 Å². The molecule has 168 valence electrons. The number of likely N-dealkylation sites (tertiary alicyclic amines) is 1. The highest BCUT2D eigenvalue weighted by Crippen LogP contribution is 2.41. The minimum Gasteiger partial charge on any atom is -0.358 e. The Balaban J connectivity index is 1.35. The van der Waals surface area contributed by atoms with Crippen LogP contribution < -0.4 is 0 Å². The number of aromatic amines is 1. The first-order valence-corrected chi connectivity index (χ1v) is 11.9. The second-order valence-electron chi connectivity index (χ2n) is 9.64. The smallest absolute Gasteiger partial charge is 0.272 e. The third kappa shape index (κ3) is 3.63. The highest BCUT2D eigenvalue weighted by Gasteiger charge is 2.32. The predicted molar refractivity (Wildman–Crippen MR) is 129 cm³/mol. The van der Waals surface area contributed by atoms with Crippen LogP contribution in [0.4, 0.5) is 0 Å². The highest BCUT2D eigenvalue weighted by atomic mass is 16.2. The van der Waals surface area contributed by atoms with Gasteiger partial charge in [0, 0.05) is 66.5 Å². The molecule has 3 aromatic heterocycles. The van der Waals surface area contributed by atoms with E-state index in [1.807, 2.05) is 30.4 Å². The molecule has 6 rings (SSSR count). The SMILES string of the molecule is Cc1ccc2[nH]c([C@@H]3CCCN(C(=O)c4cc(C5CC5)nn4C)C3)c(-c3ccncc3)c2c1. The third-order valence-electron chi connectivity index (χ3n) is 7.18. The minimum absolute atomic E-state index is 0.0963. The number of H-pyrrole nitrogens is 1. The second-order valence-corrected chi connectivity index (χ2v) is 9.64. The second kappa shape index (κ2) is 7.87. The number of aromatic nitrogens is 4. The monoisotopic (exact) mass is 439 g/mol. The van der Waals surface area contributed by atoms with Crippen molar-refractivity contribution >= 4 is 16.8 Å². The molecular weight excluding hydrogens is 410 g/mol. The summed E-state index contributed by atoms with van der Waals surface area (Å²) in [6.45, 7) is 3.64. The van der Waals surface area contributed by atoms with Gasteiger partial charge in [-0.25, -0.2) is 0 Å². The average Bonchev–Trinajstić information content (AvgIpc) is 3.52. The van der Waals surface area contributed by atoms with Gasteiger partial charge < -0.3 is 9.88 Å². The third-order valence-corrected chi connectivity index (χ3v) is 7.18. The number of pyridine rings is 1. The van der Waals surface area contributed by atoms with Crippen LogP contribution in [0.1, 0.15) is 65.0 Å². The van der Waals surface area contributed by atoms with Gasteiger partial charge >= 0.3 is 0 Å². The summed E-state index contributed by atoms with van der Waals surface area (Å²) in [5.41, 5.74) is 7.80. The van der Waals surface area contributed by atoms with E-state index in [1.54, 1.807) is 4.68 Å². The topological polar surface area (TPSA) is 66.8 Å². The molecule has 1 aliphatic heterocycles. The van der Waals surface area contributed by atoms with Gasteiger partial charge in [0.25, 0.3) is 5.91 Å². The molecular formula is C27H29N5O. The summed E-state index contributed by atoms with van der Waals surface area (Å²) in [4.78, 5) is 23.4. The van der Waals surface area contributed by atoms with Gasteiger partial charge in [0.15, 0.2) is 0 Å². The molecule has 4 heterocycles. The average molecular weight is 440 g/mol. The van der Waals surface area contributed by atoms with E-state index in [9.17, 15) is 4.79 Å². The van der Waals surface area contributed by atoms with Crippen LogP contribution >= 0.6 is 0 Å². The number of carbonyl (C=O) groups excluding carboxylic acids is 1. The first-order valence-electron chi connectivity index (χ1n) is 11.9. The molecule has 4 aromatic rings. The van der Waals surface area contributed by atoms with Crippen molar-refractivity contribution in [3.05, 3.63) is 71.4 Å². The van der Waals surface area contributed by atoms with Crippen molar-refractivity contribution in [3.63, 3.8) is 0 Å². The Morgan fingerprint density at radius 3 is 2.67 bits per heavy atom. The Morgan fingerprint density at radius 1 is 1.06 bits per heavy atom. The van der Waals surface area contributed by atoms with Gasteiger partial charge in [-0.3, -0.25) is 14.5 Å². The molecule has 1 aromatic carbocycles. The van der Waals surface area contributed by atoms with Crippen molar-refractivity contribution in [1.82, 2.24) is 24.6 Å². The van der Waals surface area contributed by atoms with E-state index in [0.29, 0.717) is 18.2 Å². The lowest BCUT2D eigenvalue weighted by Gasteiger charge is -2.33. The number of nitrogens with zero attached hydrogens (tertiary/aromatic N) is 4. The van der Waals surface area contributed by atoms with Gasteiger partial charge in [-0.1, -0.05) is 11.6 Å². The van der Waals surface area contributed by atoms with Gasteiger partial charge in [-0.2, -0.15) is 5.10 Å². The number of aryl methyl sites for hydroxylation is 2. The van der Waals surface area contributed by atoms with E-state index in [0.717, 1.165) is 30.6 Å². The number of piperidine rings is 1. The molecule has 33 heavy (non-hydrogen) atoms. The van der Waals surface area contributed by atoms with E-state index in [4.69, 9.17) is 0 Å². The summed E-state index contributed by atoms with van der Waals surface area (Å²) in [6, 6.07) is 12.7. The number of amides is 1. The van der Waals surface area contributed by atoms with Crippen molar-refractivity contribution in [1.29, 1.82) is 0 Å². The molecule has 2 aliphatic rings. The van der Waals surface area contributed by atoms with E-state index in [2.05, 4.69) is 52.3 Å². The number of hydrogen-bond donors (Lipinski definition) is 1. The Kier molecular flexibility index (Phi) is 4.82. The molecule has 1 aliphatic carbocycles. The largest absolute Gasteiger partial charge is 0.358 e. The first-order chi connectivity index (χ1) is 16.1. The molecule has 1 amide bonds. The van der Waals surface area contributed by atoms with Crippen LogP contribution in [0.3, 0.4) is 0 Å². The maximum atomic E-state index is 13.5. The molecule has 2 fully saturated rings. The zero-order valence-electron chi connectivity index (χ0n) is 19.2. The van der Waals surface area contributed by atoms with E-state index >= 15 is 0 Å². The standard InChI is InChI=1S/C27H29N5O/c1-17-5-8-22-21(14-17)25(19-9-11-28-12-10-19)26(29-22)20-4-3-13-32(16-20)27(33)24-15-23(18-6-7-18)30-31(24)2/h5,8-12,14-15,18,20,29H,3-4,6-7,13,16H2,1-2H3/t20-/m1/s1. The lowest BCUT2D eigenvalue weighted by Crippen LogP contribution is -2.40. The fourth-order valence-electron chi connectivity index (χ4n) is 5.29.